The van der Waals surface area contributed by atoms with Gasteiger partial charge in [-0.2, -0.15) is 0 Å². The number of carbonyl (C=O) groups is 3. The highest BCUT2D eigenvalue weighted by molar-refractivity contribution is 6.02. The molecule has 0 aliphatic carbocycles. The molecule has 0 amide bonds. The van der Waals surface area contributed by atoms with E-state index < -0.39 is 36.1 Å². The van der Waals surface area contributed by atoms with Gasteiger partial charge in [0, 0.05) is 0 Å². The van der Waals surface area contributed by atoms with E-state index in [9.17, 15) is 18.8 Å². The van der Waals surface area contributed by atoms with Gasteiger partial charge >= 0.3 is 11.9 Å². The minimum absolute atomic E-state index is 0.0590. The van der Waals surface area contributed by atoms with Crippen LogP contribution >= 0.6 is 0 Å². The van der Waals surface area contributed by atoms with Gasteiger partial charge in [0.2, 0.25) is 0 Å². The summed E-state index contributed by atoms with van der Waals surface area (Å²) in [5.74, 6) is -4.08. The average molecular weight is 248 g/mol. The molecule has 0 rings (SSSR count). The number of ketones is 1. The summed E-state index contributed by atoms with van der Waals surface area (Å²) in [7, 11) is 1.07. The van der Waals surface area contributed by atoms with Gasteiger partial charge in [-0.1, -0.05) is 0 Å². The number of ether oxygens (including phenoxy) is 2. The Balaban J connectivity index is 4.39. The van der Waals surface area contributed by atoms with E-state index in [0.717, 1.165) is 7.11 Å². The molecule has 0 aromatic rings. The van der Waals surface area contributed by atoms with Crippen LogP contribution in [0.1, 0.15) is 13.3 Å². The molecular weight excluding hydrogens is 235 g/mol. The number of alkyl halides is 1. The van der Waals surface area contributed by atoms with Gasteiger partial charge in [-0.3, -0.25) is 4.79 Å². The molecular formula is C10H13FO6. The highest BCUT2D eigenvalue weighted by Crippen LogP contribution is 2.06. The quantitative estimate of drug-likeness (QED) is 0.318. The summed E-state index contributed by atoms with van der Waals surface area (Å²) in [6.45, 7) is 1.40. The zero-order valence-electron chi connectivity index (χ0n) is 9.44. The van der Waals surface area contributed by atoms with E-state index in [0.29, 0.717) is 6.08 Å². The van der Waals surface area contributed by atoms with E-state index in [1.807, 2.05) is 0 Å². The summed E-state index contributed by atoms with van der Waals surface area (Å²) >= 11 is 0. The highest BCUT2D eigenvalue weighted by Gasteiger charge is 2.27. The predicted molar refractivity (Wildman–Crippen MR) is 53.9 cm³/mol. The Morgan fingerprint density at radius 2 is 2.00 bits per heavy atom. The maximum atomic E-state index is 13.1. The van der Waals surface area contributed by atoms with Gasteiger partial charge in [0.1, 0.15) is 5.76 Å². The number of hydrogen-bond acceptors (Lipinski definition) is 6. The third-order valence-electron chi connectivity index (χ3n) is 1.62. The molecule has 0 aromatic heterocycles. The molecule has 1 unspecified atom stereocenters. The zero-order valence-corrected chi connectivity index (χ0v) is 9.44. The van der Waals surface area contributed by atoms with Crippen molar-refractivity contribution in [3.05, 3.63) is 11.8 Å². The first-order valence-corrected chi connectivity index (χ1v) is 4.73. The van der Waals surface area contributed by atoms with Crippen LogP contribution in [0.5, 0.6) is 0 Å². The summed E-state index contributed by atoms with van der Waals surface area (Å²) in [4.78, 5) is 32.6. The van der Waals surface area contributed by atoms with Gasteiger partial charge in [-0.05, 0) is 6.92 Å². The van der Waals surface area contributed by atoms with Crippen LogP contribution < -0.4 is 0 Å². The smallest absolute Gasteiger partial charge is 0.348 e. The fourth-order valence-electron chi connectivity index (χ4n) is 0.861. The Kier molecular flexibility index (Phi) is 6.54. The van der Waals surface area contributed by atoms with Crippen molar-refractivity contribution in [2.45, 2.75) is 19.5 Å². The number of hydrogen-bond donors (Lipinski definition) is 1. The maximum Gasteiger partial charge on any atom is 0.348 e. The molecule has 0 saturated carbocycles. The topological polar surface area (TPSA) is 89.9 Å². The molecule has 17 heavy (non-hydrogen) atoms. The largest absolute Gasteiger partial charge is 0.512 e. The first kappa shape index (κ1) is 15.1. The molecule has 0 aromatic carbocycles. The first-order chi connectivity index (χ1) is 7.92. The number of aliphatic hydroxyl groups is 1. The van der Waals surface area contributed by atoms with Crippen LogP contribution in [0.25, 0.3) is 0 Å². The van der Waals surface area contributed by atoms with Crippen molar-refractivity contribution < 1.29 is 33.4 Å². The molecule has 7 heteroatoms. The Labute approximate surface area is 97.0 Å². The summed E-state index contributed by atoms with van der Waals surface area (Å²) in [5, 5.41) is 9.10. The molecule has 0 aliphatic rings. The van der Waals surface area contributed by atoms with Crippen molar-refractivity contribution in [3.8, 4) is 0 Å². The van der Waals surface area contributed by atoms with E-state index >= 15 is 0 Å². The third kappa shape index (κ3) is 5.64. The van der Waals surface area contributed by atoms with Crippen molar-refractivity contribution in [1.29, 1.82) is 0 Å². The number of rotatable bonds is 6. The van der Waals surface area contributed by atoms with Crippen LogP contribution in [0.15, 0.2) is 11.8 Å². The lowest BCUT2D eigenvalue weighted by atomic mass is 10.1. The number of aliphatic hydroxyl groups excluding tert-OH is 1. The van der Waals surface area contributed by atoms with Crippen molar-refractivity contribution >= 4 is 17.7 Å². The minimum atomic E-state index is -2.47. The zero-order chi connectivity index (χ0) is 13.4. The van der Waals surface area contributed by atoms with Gasteiger partial charge in [-0.15, -0.1) is 0 Å². The van der Waals surface area contributed by atoms with E-state index in [1.165, 1.54) is 6.92 Å². The molecule has 6 nitrogen and oxygen atoms in total. The monoisotopic (exact) mass is 248 g/mol. The van der Waals surface area contributed by atoms with E-state index in [4.69, 9.17) is 5.11 Å². The summed E-state index contributed by atoms with van der Waals surface area (Å²) < 4.78 is 21.5. The third-order valence-corrected chi connectivity index (χ3v) is 1.62. The molecule has 96 valence electrons. The lowest BCUT2D eigenvalue weighted by Gasteiger charge is -2.06. The summed E-state index contributed by atoms with van der Waals surface area (Å²) in [6, 6.07) is 0. The lowest BCUT2D eigenvalue weighted by molar-refractivity contribution is -0.152. The SMILES string of the molecule is CCOC(=O)C(F)C(=O)C/C(O)=C/C(=O)OC. The second-order valence-electron chi connectivity index (χ2n) is 2.92. The fourth-order valence-corrected chi connectivity index (χ4v) is 0.861. The van der Waals surface area contributed by atoms with Gasteiger partial charge in [0.15, 0.2) is 5.78 Å². The second-order valence-corrected chi connectivity index (χ2v) is 2.92. The molecule has 1 N–H and O–H groups in total. The first-order valence-electron chi connectivity index (χ1n) is 4.73. The van der Waals surface area contributed by atoms with Gasteiger partial charge in [-0.25, -0.2) is 14.0 Å². The number of esters is 2. The Bertz CT molecular complexity index is 336. The van der Waals surface area contributed by atoms with E-state index in [2.05, 4.69) is 9.47 Å². The van der Waals surface area contributed by atoms with Crippen LogP contribution in [0, 0.1) is 0 Å². The number of Topliss-reactive ketones (excluding diaryl/α,β-unsaturated/α-hetero) is 1. The van der Waals surface area contributed by atoms with Crippen LogP contribution in [0.2, 0.25) is 0 Å². The number of methoxy groups -OCH3 is 1. The fraction of sp³-hybridized carbons (Fsp3) is 0.500. The predicted octanol–water partition coefficient (Wildman–Crippen LogP) is 0.462. The highest BCUT2D eigenvalue weighted by atomic mass is 19.1. The average Bonchev–Trinajstić information content (AvgIpc) is 2.27. The van der Waals surface area contributed by atoms with E-state index in [-0.39, 0.29) is 6.61 Å². The van der Waals surface area contributed by atoms with Crippen LogP contribution in [-0.4, -0.2) is 42.7 Å². The molecule has 0 aliphatic heterocycles. The minimum Gasteiger partial charge on any atom is -0.512 e. The molecule has 0 bridgehead atoms. The molecule has 0 spiro atoms. The molecule has 0 saturated heterocycles. The van der Waals surface area contributed by atoms with Crippen LogP contribution in [0.4, 0.5) is 4.39 Å². The summed E-state index contributed by atoms with van der Waals surface area (Å²) in [6.07, 6.45) is -2.63. The molecule has 0 fully saturated rings. The Morgan fingerprint density at radius 1 is 1.41 bits per heavy atom. The Morgan fingerprint density at radius 3 is 2.47 bits per heavy atom. The summed E-state index contributed by atoms with van der Waals surface area (Å²) in [5.41, 5.74) is 0. The van der Waals surface area contributed by atoms with Crippen molar-refractivity contribution in [2.75, 3.05) is 13.7 Å². The van der Waals surface area contributed by atoms with Crippen molar-refractivity contribution in [1.82, 2.24) is 0 Å². The van der Waals surface area contributed by atoms with Gasteiger partial charge in [0.25, 0.3) is 6.17 Å². The van der Waals surface area contributed by atoms with Crippen LogP contribution in [-0.2, 0) is 23.9 Å². The lowest BCUT2D eigenvalue weighted by Crippen LogP contribution is -2.28. The molecule has 0 heterocycles. The molecule has 0 radical (unpaired) electrons. The van der Waals surface area contributed by atoms with Gasteiger partial charge in [0.05, 0.1) is 26.2 Å². The number of carbonyl (C=O) groups excluding carboxylic acids is 3. The van der Waals surface area contributed by atoms with Crippen LogP contribution in [0.3, 0.4) is 0 Å². The van der Waals surface area contributed by atoms with Gasteiger partial charge < -0.3 is 14.6 Å². The maximum absolute atomic E-state index is 13.1. The standard InChI is InChI=1S/C10H13FO6/c1-3-17-10(15)9(11)7(13)4-6(12)5-8(14)16-2/h5,9,12H,3-4H2,1-2H3/b6-5-. The second kappa shape index (κ2) is 7.37. The van der Waals surface area contributed by atoms with Crippen molar-refractivity contribution in [2.24, 2.45) is 0 Å². The number of halogens is 1. The Hall–Kier alpha value is -1.92. The van der Waals surface area contributed by atoms with Crippen molar-refractivity contribution in [3.63, 3.8) is 0 Å². The van der Waals surface area contributed by atoms with E-state index in [1.54, 1.807) is 0 Å². The molecule has 1 atom stereocenters. The normalized spacial score (nSPS) is 12.8. The number of allylic oxidation sites excluding steroid dienone is 1.